The van der Waals surface area contributed by atoms with Crippen LogP contribution in [0.1, 0.15) is 0 Å². The molecule has 2 aromatic carbocycles. The number of anilines is 1. The zero-order chi connectivity index (χ0) is 14.7. The van der Waals surface area contributed by atoms with E-state index in [0.29, 0.717) is 10.7 Å². The molecule has 0 atom stereocenters. The van der Waals surface area contributed by atoms with E-state index in [9.17, 15) is 4.79 Å². The second kappa shape index (κ2) is 5.94. The lowest BCUT2D eigenvalue weighted by Gasteiger charge is -2.05. The molecule has 3 aromatic rings. The Morgan fingerprint density at radius 3 is 2.52 bits per heavy atom. The predicted molar refractivity (Wildman–Crippen MR) is 84.2 cm³/mol. The van der Waals surface area contributed by atoms with Crippen molar-refractivity contribution in [2.24, 2.45) is 0 Å². The molecule has 21 heavy (non-hydrogen) atoms. The molecule has 104 valence electrons. The highest BCUT2D eigenvalue weighted by molar-refractivity contribution is 6.33. The predicted octanol–water partition coefficient (Wildman–Crippen LogP) is 3.42. The van der Waals surface area contributed by atoms with Crippen molar-refractivity contribution in [3.05, 3.63) is 72.0 Å². The minimum atomic E-state index is -0.108. The van der Waals surface area contributed by atoms with Crippen molar-refractivity contribution in [1.29, 1.82) is 0 Å². The van der Waals surface area contributed by atoms with Gasteiger partial charge in [0, 0.05) is 11.5 Å². The molecule has 1 heterocycles. The molecule has 1 N–H and O–H groups in total. The molecule has 3 rings (SSSR count). The Balaban J connectivity index is 1.75. The Morgan fingerprint density at radius 1 is 1.00 bits per heavy atom. The number of hydrogen-bond acceptors (Lipinski definition) is 1. The smallest absolute Gasteiger partial charge is 0.290 e. The first kappa shape index (κ1) is 13.6. The Bertz CT molecular complexity index is 801. The van der Waals surface area contributed by atoms with Crippen LogP contribution >= 0.6 is 11.6 Å². The first-order valence-electron chi connectivity index (χ1n) is 6.64. The average molecular weight is 298 g/mol. The fourth-order valence-electron chi connectivity index (χ4n) is 2.19. The van der Waals surface area contributed by atoms with Gasteiger partial charge in [-0.15, -0.1) is 0 Å². The van der Waals surface area contributed by atoms with E-state index in [-0.39, 0.29) is 12.5 Å². The maximum atomic E-state index is 12.1. The molecule has 0 radical (unpaired) electrons. The third-order valence-electron chi connectivity index (χ3n) is 3.22. The summed E-state index contributed by atoms with van der Waals surface area (Å²) < 4.78 is 1.86. The summed E-state index contributed by atoms with van der Waals surface area (Å²) in [6.07, 6.45) is 3.86. The summed E-state index contributed by atoms with van der Waals surface area (Å²) >= 11 is 6.03. The van der Waals surface area contributed by atoms with Crippen molar-refractivity contribution >= 4 is 34.0 Å². The quantitative estimate of drug-likeness (QED) is 0.738. The number of nitrogens with one attached hydrogen (secondary N) is 1. The van der Waals surface area contributed by atoms with E-state index in [1.54, 1.807) is 12.1 Å². The molecule has 0 spiro atoms. The number of carbonyl (C=O) groups excluding carboxylic acids is 1. The molecular formula is C17H14ClN2O+. The summed E-state index contributed by atoms with van der Waals surface area (Å²) in [5.41, 5.74) is 0.630. The summed E-state index contributed by atoms with van der Waals surface area (Å²) in [6.45, 7) is 0.246. The number of halogens is 1. The highest BCUT2D eigenvalue weighted by Crippen LogP contribution is 2.20. The maximum Gasteiger partial charge on any atom is 0.290 e. The molecule has 4 heteroatoms. The summed E-state index contributed by atoms with van der Waals surface area (Å²) in [5, 5.41) is 5.61. The summed E-state index contributed by atoms with van der Waals surface area (Å²) in [7, 11) is 0. The van der Waals surface area contributed by atoms with Gasteiger partial charge < -0.3 is 5.32 Å². The van der Waals surface area contributed by atoms with Gasteiger partial charge in [-0.1, -0.05) is 41.9 Å². The molecule has 0 aliphatic carbocycles. The van der Waals surface area contributed by atoms with Gasteiger partial charge in [0.1, 0.15) is 0 Å². The lowest BCUT2D eigenvalue weighted by molar-refractivity contribution is -0.682. The lowest BCUT2D eigenvalue weighted by Crippen LogP contribution is -2.39. The highest BCUT2D eigenvalue weighted by Gasteiger charge is 2.11. The van der Waals surface area contributed by atoms with Crippen LogP contribution in [0.25, 0.3) is 10.8 Å². The Kier molecular flexibility index (Phi) is 3.84. The van der Waals surface area contributed by atoms with Crippen molar-refractivity contribution in [2.75, 3.05) is 5.32 Å². The van der Waals surface area contributed by atoms with Gasteiger partial charge in [-0.05, 0) is 23.6 Å². The number of benzene rings is 2. The standard InChI is InChI=1S/C17H13ClN2O/c18-15-7-3-4-8-16(15)19-17(21)12-20-10-9-13-5-1-2-6-14(13)11-20/h1-11H,12H2/p+1. The number of fused-ring (bicyclic) bond motifs is 1. The van der Waals surface area contributed by atoms with Crippen LogP contribution in [0, 0.1) is 0 Å². The largest absolute Gasteiger partial charge is 0.319 e. The first-order valence-corrected chi connectivity index (χ1v) is 7.02. The molecule has 0 saturated heterocycles. The van der Waals surface area contributed by atoms with E-state index in [1.165, 1.54) is 0 Å². The number of pyridine rings is 1. The molecule has 0 aliphatic heterocycles. The third kappa shape index (κ3) is 3.20. The minimum Gasteiger partial charge on any atom is -0.319 e. The van der Waals surface area contributed by atoms with Crippen LogP contribution in [0.2, 0.25) is 5.02 Å². The van der Waals surface area contributed by atoms with Crippen molar-refractivity contribution in [3.8, 4) is 0 Å². The van der Waals surface area contributed by atoms with E-state index < -0.39 is 0 Å². The normalized spacial score (nSPS) is 10.5. The molecule has 1 aromatic heterocycles. The number of hydrogen-bond donors (Lipinski definition) is 1. The molecule has 3 nitrogen and oxygen atoms in total. The molecule has 0 aliphatic rings. The summed E-state index contributed by atoms with van der Waals surface area (Å²) in [5.74, 6) is -0.108. The Morgan fingerprint density at radius 2 is 1.71 bits per heavy atom. The van der Waals surface area contributed by atoms with Gasteiger partial charge in [0.25, 0.3) is 5.91 Å². The van der Waals surface area contributed by atoms with Gasteiger partial charge in [0.05, 0.1) is 10.7 Å². The number of carbonyl (C=O) groups is 1. The topological polar surface area (TPSA) is 33.0 Å². The second-order valence-electron chi connectivity index (χ2n) is 4.77. The number of para-hydroxylation sites is 1. The Hall–Kier alpha value is -2.39. The van der Waals surface area contributed by atoms with Crippen LogP contribution in [-0.4, -0.2) is 5.91 Å². The zero-order valence-electron chi connectivity index (χ0n) is 11.3. The monoisotopic (exact) mass is 297 g/mol. The van der Waals surface area contributed by atoms with E-state index >= 15 is 0 Å². The van der Waals surface area contributed by atoms with Gasteiger partial charge in [-0.25, -0.2) is 0 Å². The summed E-state index contributed by atoms with van der Waals surface area (Å²) in [6, 6.07) is 17.2. The maximum absolute atomic E-state index is 12.1. The van der Waals surface area contributed by atoms with Crippen molar-refractivity contribution < 1.29 is 9.36 Å². The second-order valence-corrected chi connectivity index (χ2v) is 5.18. The SMILES string of the molecule is O=C(C[n+]1ccc2ccccc2c1)Nc1ccccc1Cl. The van der Waals surface area contributed by atoms with Gasteiger partial charge in [-0.3, -0.25) is 4.79 Å². The summed E-state index contributed by atoms with van der Waals surface area (Å²) in [4.78, 5) is 12.1. The van der Waals surface area contributed by atoms with Crippen molar-refractivity contribution in [3.63, 3.8) is 0 Å². The van der Waals surface area contributed by atoms with E-state index in [1.807, 2.05) is 59.4 Å². The van der Waals surface area contributed by atoms with Crippen LogP contribution in [0.15, 0.2) is 67.0 Å². The van der Waals surface area contributed by atoms with E-state index in [4.69, 9.17) is 11.6 Å². The molecule has 1 amide bonds. The number of rotatable bonds is 3. The highest BCUT2D eigenvalue weighted by atomic mass is 35.5. The molecule has 0 fully saturated rings. The van der Waals surface area contributed by atoms with Gasteiger partial charge in [0.15, 0.2) is 12.4 Å². The van der Waals surface area contributed by atoms with Crippen LogP contribution in [0.3, 0.4) is 0 Å². The molecular weight excluding hydrogens is 284 g/mol. The molecule has 0 bridgehead atoms. The third-order valence-corrected chi connectivity index (χ3v) is 3.55. The van der Waals surface area contributed by atoms with E-state index in [0.717, 1.165) is 10.8 Å². The average Bonchev–Trinajstić information content (AvgIpc) is 2.49. The van der Waals surface area contributed by atoms with Gasteiger partial charge in [0.2, 0.25) is 6.54 Å². The fraction of sp³-hybridized carbons (Fsp3) is 0.0588. The molecule has 0 unspecified atom stereocenters. The van der Waals surface area contributed by atoms with Gasteiger partial charge in [-0.2, -0.15) is 4.57 Å². The van der Waals surface area contributed by atoms with Crippen LogP contribution in [0.4, 0.5) is 5.69 Å². The number of nitrogens with zero attached hydrogens (tertiary/aromatic N) is 1. The van der Waals surface area contributed by atoms with Crippen molar-refractivity contribution in [2.45, 2.75) is 6.54 Å². The zero-order valence-corrected chi connectivity index (χ0v) is 12.0. The van der Waals surface area contributed by atoms with Crippen LogP contribution in [-0.2, 0) is 11.3 Å². The molecule has 0 saturated carbocycles. The van der Waals surface area contributed by atoms with Crippen molar-refractivity contribution in [1.82, 2.24) is 0 Å². The minimum absolute atomic E-state index is 0.108. The fourth-order valence-corrected chi connectivity index (χ4v) is 2.38. The van der Waals surface area contributed by atoms with Crippen LogP contribution in [0.5, 0.6) is 0 Å². The number of amides is 1. The lowest BCUT2D eigenvalue weighted by atomic mass is 10.2. The van der Waals surface area contributed by atoms with Gasteiger partial charge >= 0.3 is 0 Å². The Labute approximate surface area is 127 Å². The first-order chi connectivity index (χ1) is 10.2. The van der Waals surface area contributed by atoms with E-state index in [2.05, 4.69) is 5.32 Å². The van der Waals surface area contributed by atoms with Crippen LogP contribution < -0.4 is 9.88 Å². The number of aromatic nitrogens is 1.